The lowest BCUT2D eigenvalue weighted by molar-refractivity contribution is 0.141. The second-order valence-corrected chi connectivity index (χ2v) is 9.47. The fourth-order valence-corrected chi connectivity index (χ4v) is 5.71. The first-order valence-electron chi connectivity index (χ1n) is 11.8. The van der Waals surface area contributed by atoms with E-state index in [1.54, 1.807) is 0 Å². The van der Waals surface area contributed by atoms with Crippen LogP contribution in [-0.2, 0) is 6.42 Å². The van der Waals surface area contributed by atoms with Gasteiger partial charge in [-0.25, -0.2) is 13.2 Å². The van der Waals surface area contributed by atoms with Gasteiger partial charge in [0, 0.05) is 0 Å². The van der Waals surface area contributed by atoms with E-state index in [0.29, 0.717) is 17.9 Å². The first-order chi connectivity index (χ1) is 14.1. The molecule has 1 aromatic rings. The third kappa shape index (κ3) is 6.62. The normalized spacial score (nSPS) is 28.1. The van der Waals surface area contributed by atoms with E-state index in [0.717, 1.165) is 36.3 Å². The number of allylic oxidation sites excluding steroid dienone is 2. The van der Waals surface area contributed by atoms with Crippen molar-refractivity contribution in [2.75, 3.05) is 0 Å². The van der Waals surface area contributed by atoms with Crippen LogP contribution in [0.3, 0.4) is 0 Å². The largest absolute Gasteiger partial charge is 0.204 e. The van der Waals surface area contributed by atoms with Gasteiger partial charge < -0.3 is 0 Å². The maximum Gasteiger partial charge on any atom is 0.194 e. The average Bonchev–Trinajstić information content (AvgIpc) is 2.74. The molecule has 2 fully saturated rings. The molecule has 3 rings (SSSR count). The number of hydrogen-bond acceptors (Lipinski definition) is 0. The standard InChI is InChI=1S/C26H37F3/c1-2-3-4-5-6-19-9-13-22(14-10-19)23-15-11-20(12-16-23)7-8-21-17-24(27)26(29)25(28)18-21/h2-3,17-20,22-23H,4-16H2,1H3/b3-2+. The average molecular weight is 407 g/mol. The van der Waals surface area contributed by atoms with Gasteiger partial charge in [-0.15, -0.1) is 0 Å². The van der Waals surface area contributed by atoms with E-state index in [1.807, 2.05) is 0 Å². The highest BCUT2D eigenvalue weighted by Crippen LogP contribution is 2.43. The summed E-state index contributed by atoms with van der Waals surface area (Å²) >= 11 is 0. The summed E-state index contributed by atoms with van der Waals surface area (Å²) in [6.45, 7) is 2.10. The van der Waals surface area contributed by atoms with Crippen molar-refractivity contribution in [3.8, 4) is 0 Å². The quantitative estimate of drug-likeness (QED) is 0.231. The van der Waals surface area contributed by atoms with E-state index in [1.165, 1.54) is 70.6 Å². The van der Waals surface area contributed by atoms with E-state index in [4.69, 9.17) is 0 Å². The SMILES string of the molecule is C/C=C/CCCC1CCC(C2CCC(CCc3cc(F)c(F)c(F)c3)CC2)CC1. The fourth-order valence-electron chi connectivity index (χ4n) is 5.71. The fraction of sp³-hybridized carbons (Fsp3) is 0.692. The van der Waals surface area contributed by atoms with Gasteiger partial charge in [0.2, 0.25) is 0 Å². The molecule has 0 heterocycles. The van der Waals surface area contributed by atoms with Crippen LogP contribution >= 0.6 is 0 Å². The van der Waals surface area contributed by atoms with Gasteiger partial charge in [0.1, 0.15) is 0 Å². The Morgan fingerprint density at radius 1 is 0.793 bits per heavy atom. The van der Waals surface area contributed by atoms with Crippen molar-refractivity contribution < 1.29 is 13.2 Å². The van der Waals surface area contributed by atoms with Crippen LogP contribution in [0.1, 0.15) is 89.5 Å². The minimum atomic E-state index is -1.36. The van der Waals surface area contributed by atoms with Gasteiger partial charge in [0.15, 0.2) is 17.5 Å². The summed E-state index contributed by atoms with van der Waals surface area (Å²) in [6.07, 6.45) is 20.8. The Morgan fingerprint density at radius 2 is 1.31 bits per heavy atom. The van der Waals surface area contributed by atoms with Crippen LogP contribution in [0, 0.1) is 41.1 Å². The molecule has 162 valence electrons. The smallest absolute Gasteiger partial charge is 0.194 e. The lowest BCUT2D eigenvalue weighted by Crippen LogP contribution is -2.26. The van der Waals surface area contributed by atoms with Crippen LogP contribution in [0.25, 0.3) is 0 Å². The number of halogens is 3. The van der Waals surface area contributed by atoms with Crippen molar-refractivity contribution in [3.05, 3.63) is 47.3 Å². The third-order valence-corrected chi connectivity index (χ3v) is 7.55. The molecule has 2 saturated carbocycles. The monoisotopic (exact) mass is 406 g/mol. The topological polar surface area (TPSA) is 0 Å². The molecule has 0 radical (unpaired) electrons. The summed E-state index contributed by atoms with van der Waals surface area (Å²) in [7, 11) is 0. The number of benzene rings is 1. The highest BCUT2D eigenvalue weighted by molar-refractivity contribution is 5.19. The van der Waals surface area contributed by atoms with E-state index < -0.39 is 17.5 Å². The molecule has 2 aliphatic rings. The minimum Gasteiger partial charge on any atom is -0.204 e. The highest BCUT2D eigenvalue weighted by atomic mass is 19.2. The highest BCUT2D eigenvalue weighted by Gasteiger charge is 2.30. The van der Waals surface area contributed by atoms with Crippen molar-refractivity contribution in [1.29, 1.82) is 0 Å². The zero-order chi connectivity index (χ0) is 20.6. The summed E-state index contributed by atoms with van der Waals surface area (Å²) < 4.78 is 39.8. The van der Waals surface area contributed by atoms with Gasteiger partial charge in [-0.3, -0.25) is 0 Å². The van der Waals surface area contributed by atoms with Gasteiger partial charge in [0.25, 0.3) is 0 Å². The summed E-state index contributed by atoms with van der Waals surface area (Å²) in [4.78, 5) is 0. The van der Waals surface area contributed by atoms with Crippen molar-refractivity contribution in [1.82, 2.24) is 0 Å². The Morgan fingerprint density at radius 3 is 1.83 bits per heavy atom. The molecule has 3 heteroatoms. The third-order valence-electron chi connectivity index (χ3n) is 7.55. The van der Waals surface area contributed by atoms with Gasteiger partial charge in [-0.05, 0) is 99.7 Å². The molecule has 0 nitrogen and oxygen atoms in total. The molecule has 0 amide bonds. The molecule has 0 unspecified atom stereocenters. The van der Waals surface area contributed by atoms with Crippen LogP contribution < -0.4 is 0 Å². The van der Waals surface area contributed by atoms with Gasteiger partial charge in [-0.1, -0.05) is 44.3 Å². The Balaban J connectivity index is 1.34. The first kappa shape index (κ1) is 22.4. The Labute approximate surface area is 175 Å². The maximum absolute atomic E-state index is 13.4. The Bertz CT molecular complexity index is 627. The summed E-state index contributed by atoms with van der Waals surface area (Å²) in [5, 5.41) is 0. The molecule has 0 N–H and O–H groups in total. The van der Waals surface area contributed by atoms with Crippen LogP contribution in [0.5, 0.6) is 0 Å². The number of aryl methyl sites for hydroxylation is 1. The molecule has 2 aliphatic carbocycles. The number of unbranched alkanes of at least 4 members (excludes halogenated alkanes) is 1. The molecule has 0 saturated heterocycles. The molecule has 0 aromatic heterocycles. The molecular weight excluding hydrogens is 369 g/mol. The lowest BCUT2D eigenvalue weighted by atomic mass is 9.68. The van der Waals surface area contributed by atoms with Crippen LogP contribution in [-0.4, -0.2) is 0 Å². The molecule has 0 bridgehead atoms. The summed E-state index contributed by atoms with van der Waals surface area (Å²) in [5.41, 5.74) is 0.580. The minimum absolute atomic E-state index is 0.580. The van der Waals surface area contributed by atoms with Crippen molar-refractivity contribution in [2.45, 2.75) is 90.4 Å². The predicted octanol–water partition coefficient (Wildman–Crippen LogP) is 8.40. The van der Waals surface area contributed by atoms with Gasteiger partial charge in [0.05, 0.1) is 0 Å². The second-order valence-electron chi connectivity index (χ2n) is 9.47. The van der Waals surface area contributed by atoms with E-state index in [-0.39, 0.29) is 0 Å². The van der Waals surface area contributed by atoms with Crippen molar-refractivity contribution in [3.63, 3.8) is 0 Å². The predicted molar refractivity (Wildman–Crippen MR) is 114 cm³/mol. The Kier molecular flexibility index (Phi) is 8.68. The number of hydrogen-bond donors (Lipinski definition) is 0. The van der Waals surface area contributed by atoms with Crippen LogP contribution in [0.4, 0.5) is 13.2 Å². The van der Waals surface area contributed by atoms with E-state index >= 15 is 0 Å². The molecule has 0 spiro atoms. The maximum atomic E-state index is 13.4. The Hall–Kier alpha value is -1.25. The summed E-state index contributed by atoms with van der Waals surface area (Å²) in [6, 6.07) is 2.31. The zero-order valence-corrected chi connectivity index (χ0v) is 17.9. The van der Waals surface area contributed by atoms with E-state index in [9.17, 15) is 13.2 Å². The van der Waals surface area contributed by atoms with Crippen molar-refractivity contribution in [2.24, 2.45) is 23.7 Å². The second kappa shape index (κ2) is 11.2. The molecule has 29 heavy (non-hydrogen) atoms. The molecule has 1 aromatic carbocycles. The van der Waals surface area contributed by atoms with Crippen molar-refractivity contribution >= 4 is 0 Å². The molecule has 0 aliphatic heterocycles. The summed E-state index contributed by atoms with van der Waals surface area (Å²) in [5.74, 6) is -0.0993. The lowest BCUT2D eigenvalue weighted by Gasteiger charge is -2.38. The zero-order valence-electron chi connectivity index (χ0n) is 17.9. The van der Waals surface area contributed by atoms with Crippen LogP contribution in [0.15, 0.2) is 24.3 Å². The molecule has 0 atom stereocenters. The first-order valence-corrected chi connectivity index (χ1v) is 11.8. The molecular formula is C26H37F3. The van der Waals surface area contributed by atoms with Crippen LogP contribution in [0.2, 0.25) is 0 Å². The number of rotatable bonds is 8. The van der Waals surface area contributed by atoms with E-state index in [2.05, 4.69) is 19.1 Å². The van der Waals surface area contributed by atoms with Gasteiger partial charge >= 0.3 is 0 Å². The van der Waals surface area contributed by atoms with Gasteiger partial charge in [-0.2, -0.15) is 0 Å².